The molecule has 0 saturated heterocycles. The molecular formula is C14H21ClFN. The molecule has 1 aromatic rings. The predicted octanol–water partition coefficient (Wildman–Crippen LogP) is 4.05. The molecule has 0 aromatic heterocycles. The van der Waals surface area contributed by atoms with Crippen LogP contribution in [-0.4, -0.2) is 12.6 Å². The highest BCUT2D eigenvalue weighted by Gasteiger charge is 2.16. The third-order valence-electron chi connectivity index (χ3n) is 3.25. The molecule has 96 valence electrons. The van der Waals surface area contributed by atoms with Crippen LogP contribution in [0.15, 0.2) is 18.2 Å². The van der Waals surface area contributed by atoms with Gasteiger partial charge in [0.2, 0.25) is 0 Å². The van der Waals surface area contributed by atoms with Crippen LogP contribution < -0.4 is 5.32 Å². The van der Waals surface area contributed by atoms with Gasteiger partial charge in [-0.15, -0.1) is 0 Å². The second kappa shape index (κ2) is 6.97. The van der Waals surface area contributed by atoms with E-state index < -0.39 is 0 Å². The number of benzene rings is 1. The molecule has 0 bridgehead atoms. The van der Waals surface area contributed by atoms with Crippen molar-refractivity contribution >= 4 is 11.6 Å². The van der Waals surface area contributed by atoms with Gasteiger partial charge in [0.05, 0.1) is 0 Å². The van der Waals surface area contributed by atoms with Gasteiger partial charge in [0.15, 0.2) is 0 Å². The summed E-state index contributed by atoms with van der Waals surface area (Å²) in [5.41, 5.74) is 1.01. The Bertz CT molecular complexity index is 354. The molecule has 0 heterocycles. The number of halogens is 2. The van der Waals surface area contributed by atoms with Gasteiger partial charge in [-0.3, -0.25) is 0 Å². The van der Waals surface area contributed by atoms with Crippen molar-refractivity contribution in [2.75, 3.05) is 6.54 Å². The number of hydrogen-bond acceptors (Lipinski definition) is 1. The van der Waals surface area contributed by atoms with Crippen LogP contribution in [0.3, 0.4) is 0 Å². The summed E-state index contributed by atoms with van der Waals surface area (Å²) in [6.07, 6.45) is 1.97. The molecule has 0 aliphatic rings. The summed E-state index contributed by atoms with van der Waals surface area (Å²) in [7, 11) is 0. The second-order valence-corrected chi connectivity index (χ2v) is 4.90. The maximum absolute atomic E-state index is 13.0. The Morgan fingerprint density at radius 3 is 2.59 bits per heavy atom. The van der Waals surface area contributed by atoms with Crippen LogP contribution in [0.4, 0.5) is 4.39 Å². The Morgan fingerprint density at radius 2 is 2.06 bits per heavy atom. The second-order valence-electron chi connectivity index (χ2n) is 4.49. The maximum atomic E-state index is 13.0. The number of hydrogen-bond donors (Lipinski definition) is 1. The zero-order valence-corrected chi connectivity index (χ0v) is 11.5. The summed E-state index contributed by atoms with van der Waals surface area (Å²) in [6, 6.07) is 5.04. The minimum atomic E-state index is -0.276. The lowest BCUT2D eigenvalue weighted by atomic mass is 9.93. The lowest BCUT2D eigenvalue weighted by Gasteiger charge is -2.24. The van der Waals surface area contributed by atoms with Gasteiger partial charge in [0, 0.05) is 11.1 Å². The third kappa shape index (κ3) is 4.29. The lowest BCUT2D eigenvalue weighted by molar-refractivity contribution is 0.371. The molecule has 1 nitrogen and oxygen atoms in total. The molecule has 2 atom stereocenters. The SMILES string of the molecule is CCNC(Cc1ccc(F)cc1Cl)C(C)CC. The standard InChI is InChI=1S/C14H21ClFN/c1-4-10(3)14(17-5-2)8-11-6-7-12(16)9-13(11)15/h6-7,9-10,14,17H,4-5,8H2,1-3H3. The molecule has 0 fully saturated rings. The number of rotatable bonds is 6. The summed E-state index contributed by atoms with van der Waals surface area (Å²) in [5, 5.41) is 4.00. The van der Waals surface area contributed by atoms with Crippen molar-refractivity contribution < 1.29 is 4.39 Å². The quantitative estimate of drug-likeness (QED) is 0.811. The normalized spacial score (nSPS) is 14.6. The summed E-state index contributed by atoms with van der Waals surface area (Å²) >= 11 is 6.05. The molecule has 2 unspecified atom stereocenters. The molecular weight excluding hydrogens is 237 g/mol. The van der Waals surface area contributed by atoms with E-state index in [0.29, 0.717) is 17.0 Å². The first-order valence-electron chi connectivity index (χ1n) is 6.25. The fraction of sp³-hybridized carbons (Fsp3) is 0.571. The molecule has 1 rings (SSSR count). The first kappa shape index (κ1) is 14.5. The Kier molecular flexibility index (Phi) is 5.93. The highest BCUT2D eigenvalue weighted by atomic mass is 35.5. The smallest absolute Gasteiger partial charge is 0.124 e. The molecule has 0 radical (unpaired) electrons. The van der Waals surface area contributed by atoms with Gasteiger partial charge in [-0.25, -0.2) is 4.39 Å². The molecule has 1 aromatic carbocycles. The Hall–Kier alpha value is -0.600. The lowest BCUT2D eigenvalue weighted by Crippen LogP contribution is -2.36. The van der Waals surface area contributed by atoms with Crippen LogP contribution in [0.2, 0.25) is 5.02 Å². The van der Waals surface area contributed by atoms with Crippen LogP contribution >= 0.6 is 11.6 Å². The summed E-state index contributed by atoms with van der Waals surface area (Å²) in [6.45, 7) is 7.45. The molecule has 0 spiro atoms. The van der Waals surface area contributed by atoms with Gasteiger partial charge in [-0.2, -0.15) is 0 Å². The molecule has 0 aliphatic carbocycles. The minimum absolute atomic E-state index is 0.276. The third-order valence-corrected chi connectivity index (χ3v) is 3.60. The van der Waals surface area contributed by atoms with E-state index in [1.165, 1.54) is 12.1 Å². The van der Waals surface area contributed by atoms with E-state index in [1.807, 2.05) is 0 Å². The van der Waals surface area contributed by atoms with E-state index in [-0.39, 0.29) is 5.82 Å². The first-order chi connectivity index (χ1) is 8.08. The van der Waals surface area contributed by atoms with Gasteiger partial charge in [0.1, 0.15) is 5.82 Å². The van der Waals surface area contributed by atoms with E-state index in [0.717, 1.165) is 24.9 Å². The Morgan fingerprint density at radius 1 is 1.35 bits per heavy atom. The molecule has 0 aliphatic heterocycles. The van der Waals surface area contributed by atoms with Crippen molar-refractivity contribution in [3.05, 3.63) is 34.6 Å². The Labute approximate surface area is 108 Å². The monoisotopic (exact) mass is 257 g/mol. The zero-order chi connectivity index (χ0) is 12.8. The zero-order valence-electron chi connectivity index (χ0n) is 10.8. The largest absolute Gasteiger partial charge is 0.314 e. The summed E-state index contributed by atoms with van der Waals surface area (Å²) < 4.78 is 13.0. The van der Waals surface area contributed by atoms with Crippen LogP contribution in [0, 0.1) is 11.7 Å². The number of nitrogens with one attached hydrogen (secondary N) is 1. The fourth-order valence-corrected chi connectivity index (χ4v) is 2.19. The van der Waals surface area contributed by atoms with Crippen molar-refractivity contribution in [1.29, 1.82) is 0 Å². The number of likely N-dealkylation sites (N-methyl/N-ethyl adjacent to an activating group) is 1. The molecule has 17 heavy (non-hydrogen) atoms. The first-order valence-corrected chi connectivity index (χ1v) is 6.63. The van der Waals surface area contributed by atoms with Crippen LogP contribution in [0.5, 0.6) is 0 Å². The fourth-order valence-electron chi connectivity index (χ4n) is 1.95. The molecule has 1 N–H and O–H groups in total. The Balaban J connectivity index is 2.78. The molecule has 0 amide bonds. The van der Waals surface area contributed by atoms with Gasteiger partial charge < -0.3 is 5.32 Å². The maximum Gasteiger partial charge on any atom is 0.124 e. The van der Waals surface area contributed by atoms with E-state index >= 15 is 0 Å². The van der Waals surface area contributed by atoms with Crippen LogP contribution in [-0.2, 0) is 6.42 Å². The highest BCUT2D eigenvalue weighted by molar-refractivity contribution is 6.31. The van der Waals surface area contributed by atoms with Gasteiger partial charge in [0.25, 0.3) is 0 Å². The topological polar surface area (TPSA) is 12.0 Å². The van der Waals surface area contributed by atoms with Gasteiger partial charge in [-0.1, -0.05) is 44.9 Å². The van der Waals surface area contributed by atoms with Crippen LogP contribution in [0.1, 0.15) is 32.8 Å². The minimum Gasteiger partial charge on any atom is -0.314 e. The van der Waals surface area contributed by atoms with Crippen LogP contribution in [0.25, 0.3) is 0 Å². The average molecular weight is 258 g/mol. The van der Waals surface area contributed by atoms with E-state index in [9.17, 15) is 4.39 Å². The van der Waals surface area contributed by atoms with E-state index in [2.05, 4.69) is 26.1 Å². The molecule has 3 heteroatoms. The summed E-state index contributed by atoms with van der Waals surface area (Å²) in [5.74, 6) is 0.304. The predicted molar refractivity (Wildman–Crippen MR) is 72.0 cm³/mol. The average Bonchev–Trinajstić information content (AvgIpc) is 2.30. The summed E-state index contributed by atoms with van der Waals surface area (Å²) in [4.78, 5) is 0. The van der Waals surface area contributed by atoms with E-state index in [4.69, 9.17) is 11.6 Å². The molecule has 0 saturated carbocycles. The van der Waals surface area contributed by atoms with E-state index in [1.54, 1.807) is 6.07 Å². The highest BCUT2D eigenvalue weighted by Crippen LogP contribution is 2.21. The van der Waals surface area contributed by atoms with Crippen molar-refractivity contribution in [2.24, 2.45) is 5.92 Å². The van der Waals surface area contributed by atoms with Crippen molar-refractivity contribution in [2.45, 2.75) is 39.7 Å². The van der Waals surface area contributed by atoms with Gasteiger partial charge in [-0.05, 0) is 36.6 Å². The van der Waals surface area contributed by atoms with Gasteiger partial charge >= 0.3 is 0 Å². The van der Waals surface area contributed by atoms with Crippen molar-refractivity contribution in [1.82, 2.24) is 5.32 Å². The van der Waals surface area contributed by atoms with Crippen molar-refractivity contribution in [3.63, 3.8) is 0 Å². The van der Waals surface area contributed by atoms with Crippen molar-refractivity contribution in [3.8, 4) is 0 Å².